The minimum Gasteiger partial charge on any atom is -0.756 e. The number of rotatable bonds is 5. The van der Waals surface area contributed by atoms with Crippen LogP contribution in [0.3, 0.4) is 0 Å². The predicted octanol–water partition coefficient (Wildman–Crippen LogP) is -0.995. The average molecular weight is 298 g/mol. The van der Waals surface area contributed by atoms with Gasteiger partial charge in [-0.05, 0) is 6.92 Å². The van der Waals surface area contributed by atoms with Crippen LogP contribution in [0.1, 0.15) is 6.92 Å². The first-order valence-corrected chi connectivity index (χ1v) is 5.12. The first-order chi connectivity index (χ1) is 6.96. The quantitative estimate of drug-likeness (QED) is 0.371. The summed E-state index contributed by atoms with van der Waals surface area (Å²) < 4.78 is 88.6. The predicted molar refractivity (Wildman–Crippen MR) is 36.2 cm³/mol. The molecule has 0 aromatic heterocycles. The fraction of sp³-hybridized carbons (Fsp3) is 1.00. The third kappa shape index (κ3) is 5.46. The second kappa shape index (κ2) is 6.74. The van der Waals surface area contributed by atoms with Crippen molar-refractivity contribution in [3.63, 3.8) is 0 Å². The minimum atomic E-state index is -6.21. The molecule has 0 radical (unpaired) electrons. The van der Waals surface area contributed by atoms with Crippen molar-refractivity contribution in [3.8, 4) is 0 Å². The van der Waals surface area contributed by atoms with Crippen LogP contribution >= 0.6 is 7.82 Å². The van der Waals surface area contributed by atoms with E-state index >= 15 is 0 Å². The molecule has 0 heterocycles. The molecule has 0 rings (SSSR count). The Labute approximate surface area is 114 Å². The van der Waals surface area contributed by atoms with Crippen molar-refractivity contribution < 1.29 is 74.4 Å². The van der Waals surface area contributed by atoms with E-state index in [1.165, 1.54) is 0 Å². The SMILES string of the molecule is CCOP(=O)([O-])OC(F)(C(F)F)C(F)(F)F.[Na+]. The Bertz CT molecular complexity index is 286. The van der Waals surface area contributed by atoms with Crippen molar-refractivity contribution in [1.82, 2.24) is 0 Å². The summed E-state index contributed by atoms with van der Waals surface area (Å²) in [6, 6.07) is 0. The van der Waals surface area contributed by atoms with Crippen LogP contribution in [0.25, 0.3) is 0 Å². The summed E-state index contributed by atoms with van der Waals surface area (Å²) >= 11 is 0. The second-order valence-corrected chi connectivity index (χ2v) is 3.73. The number of halogens is 6. The van der Waals surface area contributed by atoms with Crippen molar-refractivity contribution in [3.05, 3.63) is 0 Å². The molecular formula is C5H6F6NaO4P. The summed E-state index contributed by atoms with van der Waals surface area (Å²) in [4.78, 5) is 10.5. The zero-order valence-electron chi connectivity index (χ0n) is 8.63. The summed E-state index contributed by atoms with van der Waals surface area (Å²) in [5, 5.41) is 0. The fourth-order valence-electron chi connectivity index (χ4n) is 0.562. The molecule has 0 N–H and O–H groups in total. The molecule has 0 saturated carbocycles. The van der Waals surface area contributed by atoms with Crippen LogP contribution < -0.4 is 34.5 Å². The maximum atomic E-state index is 12.7. The van der Waals surface area contributed by atoms with Gasteiger partial charge in [0.2, 0.25) is 0 Å². The van der Waals surface area contributed by atoms with E-state index in [2.05, 4.69) is 9.05 Å². The summed E-state index contributed by atoms with van der Waals surface area (Å²) in [5.41, 5.74) is 0. The minimum absolute atomic E-state index is 0. The van der Waals surface area contributed by atoms with Gasteiger partial charge in [0, 0.05) is 0 Å². The fourth-order valence-corrected chi connectivity index (χ4v) is 1.44. The van der Waals surface area contributed by atoms with Crippen molar-refractivity contribution >= 4 is 7.82 Å². The van der Waals surface area contributed by atoms with Crippen molar-refractivity contribution in [1.29, 1.82) is 0 Å². The standard InChI is InChI=1S/C5H7F6O4P.Na/c1-2-14-16(12,13)15-4(8,3(6)7)5(9,10)11;/h3H,2H2,1H3,(H,12,13);/q;+1/p-1. The average Bonchev–Trinajstić information content (AvgIpc) is 1.99. The Kier molecular flexibility index (Phi) is 7.94. The number of phosphoric ester groups is 1. The zero-order chi connectivity index (χ0) is 13.2. The van der Waals surface area contributed by atoms with Gasteiger partial charge in [-0.15, -0.1) is 0 Å². The van der Waals surface area contributed by atoms with E-state index in [1.54, 1.807) is 0 Å². The van der Waals surface area contributed by atoms with Gasteiger partial charge >= 0.3 is 48.0 Å². The van der Waals surface area contributed by atoms with Crippen LogP contribution in [0.2, 0.25) is 0 Å². The van der Waals surface area contributed by atoms with E-state index in [0.29, 0.717) is 0 Å². The van der Waals surface area contributed by atoms with Crippen LogP contribution in [-0.4, -0.2) is 25.1 Å². The molecule has 0 spiro atoms. The van der Waals surface area contributed by atoms with Gasteiger partial charge in [0.1, 0.15) is 0 Å². The summed E-state index contributed by atoms with van der Waals surface area (Å²) in [7, 11) is -5.79. The van der Waals surface area contributed by atoms with Crippen molar-refractivity contribution in [2.24, 2.45) is 0 Å². The molecule has 2 atom stereocenters. The van der Waals surface area contributed by atoms with E-state index in [9.17, 15) is 35.8 Å². The first kappa shape index (κ1) is 20.0. The summed E-state index contributed by atoms with van der Waals surface area (Å²) in [6.07, 6.45) is -10.9. The molecule has 0 fully saturated rings. The van der Waals surface area contributed by atoms with E-state index in [0.717, 1.165) is 6.92 Å². The third-order valence-electron chi connectivity index (χ3n) is 1.20. The molecule has 12 heteroatoms. The Morgan fingerprint density at radius 2 is 1.71 bits per heavy atom. The van der Waals surface area contributed by atoms with Gasteiger partial charge < -0.3 is 9.42 Å². The van der Waals surface area contributed by atoms with Gasteiger partial charge in [0.05, 0.1) is 6.61 Å². The molecule has 0 aliphatic rings. The molecule has 0 amide bonds. The van der Waals surface area contributed by atoms with Crippen LogP contribution in [0.4, 0.5) is 26.3 Å². The monoisotopic (exact) mass is 298 g/mol. The van der Waals surface area contributed by atoms with Crippen molar-refractivity contribution in [2.45, 2.75) is 25.4 Å². The van der Waals surface area contributed by atoms with Crippen LogP contribution in [0, 0.1) is 0 Å². The number of phosphoric acid groups is 1. The first-order valence-electron chi connectivity index (χ1n) is 3.66. The summed E-state index contributed by atoms with van der Waals surface area (Å²) in [6.45, 7) is 0.349. The largest absolute Gasteiger partial charge is 1.00 e. The number of alkyl halides is 6. The molecule has 0 saturated heterocycles. The van der Waals surface area contributed by atoms with Gasteiger partial charge in [-0.2, -0.15) is 17.6 Å². The maximum absolute atomic E-state index is 12.7. The summed E-state index contributed by atoms with van der Waals surface area (Å²) in [5.74, 6) is -5.61. The van der Waals surface area contributed by atoms with E-state index in [4.69, 9.17) is 0 Å². The van der Waals surface area contributed by atoms with E-state index in [-0.39, 0.29) is 29.6 Å². The van der Waals surface area contributed by atoms with Gasteiger partial charge in [-0.3, -0.25) is 9.09 Å². The third-order valence-corrected chi connectivity index (χ3v) is 2.26. The number of hydrogen-bond acceptors (Lipinski definition) is 4. The molecule has 0 aliphatic heterocycles. The molecule has 98 valence electrons. The zero-order valence-corrected chi connectivity index (χ0v) is 11.5. The van der Waals surface area contributed by atoms with Crippen LogP contribution in [0.5, 0.6) is 0 Å². The molecular weight excluding hydrogens is 292 g/mol. The normalized spacial score (nSPS) is 19.4. The van der Waals surface area contributed by atoms with Crippen LogP contribution in [-0.2, 0) is 13.6 Å². The Morgan fingerprint density at radius 3 is 1.94 bits per heavy atom. The topological polar surface area (TPSA) is 58.6 Å². The van der Waals surface area contributed by atoms with E-state index < -0.39 is 32.9 Å². The molecule has 4 nitrogen and oxygen atoms in total. The molecule has 0 aromatic rings. The van der Waals surface area contributed by atoms with Crippen LogP contribution in [0.15, 0.2) is 0 Å². The molecule has 17 heavy (non-hydrogen) atoms. The Morgan fingerprint density at radius 1 is 1.29 bits per heavy atom. The smallest absolute Gasteiger partial charge is 0.756 e. The number of hydrogen-bond donors (Lipinski definition) is 0. The molecule has 0 bridgehead atoms. The van der Waals surface area contributed by atoms with E-state index in [1.807, 2.05) is 0 Å². The van der Waals surface area contributed by atoms with Gasteiger partial charge in [-0.25, -0.2) is 8.78 Å². The molecule has 0 aliphatic carbocycles. The maximum Gasteiger partial charge on any atom is 1.00 e. The van der Waals surface area contributed by atoms with Crippen molar-refractivity contribution in [2.75, 3.05) is 6.61 Å². The molecule has 2 unspecified atom stereocenters. The van der Waals surface area contributed by atoms with Gasteiger partial charge in [-0.1, -0.05) is 0 Å². The van der Waals surface area contributed by atoms with Gasteiger partial charge in [0.25, 0.3) is 7.82 Å². The second-order valence-electron chi connectivity index (χ2n) is 2.40. The molecule has 0 aromatic carbocycles. The Hall–Kier alpha value is 0.690. The Balaban J connectivity index is 0. The van der Waals surface area contributed by atoms with Gasteiger partial charge in [0.15, 0.2) is 0 Å².